The monoisotopic (exact) mass is 243 g/mol. The van der Waals surface area contributed by atoms with Crippen LogP contribution >= 0.6 is 0 Å². The van der Waals surface area contributed by atoms with Crippen LogP contribution in [0, 0.1) is 0 Å². The topological polar surface area (TPSA) is 80.2 Å². The van der Waals surface area contributed by atoms with Crippen LogP contribution in [0.1, 0.15) is 5.56 Å². The first kappa shape index (κ1) is 12.2. The van der Waals surface area contributed by atoms with Gasteiger partial charge in [0.2, 0.25) is 0 Å². The lowest BCUT2D eigenvalue weighted by Gasteiger charge is -2.16. The van der Waals surface area contributed by atoms with Crippen molar-refractivity contribution in [3.05, 3.63) is 42.2 Å². The second kappa shape index (κ2) is 4.93. The third-order valence-corrected chi connectivity index (χ3v) is 2.81. The Kier molecular flexibility index (Phi) is 3.34. The summed E-state index contributed by atoms with van der Waals surface area (Å²) < 4.78 is 0. The van der Waals surface area contributed by atoms with Gasteiger partial charge in [-0.15, -0.1) is 0 Å². The highest BCUT2D eigenvalue weighted by molar-refractivity contribution is 5.87. The largest absolute Gasteiger partial charge is 0.403 e. The Balaban J connectivity index is 2.55. The van der Waals surface area contributed by atoms with Crippen molar-refractivity contribution in [2.45, 2.75) is 0 Å². The fourth-order valence-electron chi connectivity index (χ4n) is 1.85. The summed E-state index contributed by atoms with van der Waals surface area (Å²) in [5.41, 5.74) is 7.35. The van der Waals surface area contributed by atoms with E-state index in [4.69, 9.17) is 11.6 Å². The van der Waals surface area contributed by atoms with Crippen LogP contribution in [0.25, 0.3) is 16.5 Å². The van der Waals surface area contributed by atoms with Crippen molar-refractivity contribution in [2.75, 3.05) is 19.4 Å². The van der Waals surface area contributed by atoms with E-state index in [2.05, 4.69) is 10.3 Å². The first-order valence-corrected chi connectivity index (χ1v) is 5.64. The Morgan fingerprint density at radius 2 is 2.11 bits per heavy atom. The molecule has 1 aromatic heterocycles. The first-order chi connectivity index (χ1) is 8.65. The molecule has 0 saturated carbocycles. The van der Waals surface area contributed by atoms with E-state index in [9.17, 15) is 0 Å². The van der Waals surface area contributed by atoms with E-state index in [1.165, 1.54) is 11.2 Å². The number of nitrogens with one attached hydrogen (secondary N) is 1. The zero-order valence-corrected chi connectivity index (χ0v) is 10.5. The van der Waals surface area contributed by atoms with Gasteiger partial charge in [-0.3, -0.25) is 0 Å². The molecule has 0 saturated heterocycles. The quantitative estimate of drug-likeness (QED) is 0.560. The summed E-state index contributed by atoms with van der Waals surface area (Å²) in [5, 5.41) is 6.69. The number of fused-ring (bicyclic) bond motifs is 1. The molecule has 0 aliphatic heterocycles. The number of pyridine rings is 1. The number of hydrazine groups is 1. The van der Waals surface area contributed by atoms with Gasteiger partial charge in [-0.05, 0) is 17.5 Å². The third-order valence-electron chi connectivity index (χ3n) is 2.81. The molecule has 0 unspecified atom stereocenters. The van der Waals surface area contributed by atoms with Gasteiger partial charge < -0.3 is 16.1 Å². The average molecular weight is 243 g/mol. The fraction of sp³-hybridized carbons (Fsp3) is 0.154. The Morgan fingerprint density at radius 3 is 2.72 bits per heavy atom. The van der Waals surface area contributed by atoms with E-state index >= 15 is 0 Å². The van der Waals surface area contributed by atoms with Crippen molar-refractivity contribution in [2.24, 2.45) is 11.6 Å². The summed E-state index contributed by atoms with van der Waals surface area (Å²) in [6, 6.07) is 8.01. The van der Waals surface area contributed by atoms with Crippen LogP contribution in [0.5, 0.6) is 0 Å². The maximum Gasteiger partial charge on any atom is 0.126 e. The zero-order chi connectivity index (χ0) is 13.1. The molecule has 5 nitrogen and oxygen atoms in total. The van der Waals surface area contributed by atoms with Gasteiger partial charge in [0.15, 0.2) is 0 Å². The highest BCUT2D eigenvalue weighted by Gasteiger charge is 2.05. The maximum atomic E-state index is 5.74. The fourth-order valence-corrected chi connectivity index (χ4v) is 1.85. The number of benzene rings is 1. The van der Waals surface area contributed by atoms with Crippen molar-refractivity contribution in [3.8, 4) is 0 Å². The number of nitrogens with zero attached hydrogens (tertiary/aromatic N) is 2. The molecule has 2 aromatic rings. The highest BCUT2D eigenvalue weighted by atomic mass is 15.4. The van der Waals surface area contributed by atoms with Gasteiger partial charge in [-0.1, -0.05) is 12.1 Å². The molecule has 5 N–H and O–H groups in total. The Bertz CT molecular complexity index is 589. The smallest absolute Gasteiger partial charge is 0.126 e. The van der Waals surface area contributed by atoms with Gasteiger partial charge >= 0.3 is 0 Å². The summed E-state index contributed by atoms with van der Waals surface area (Å²) in [4.78, 5) is 4.27. The Hall–Kier alpha value is -2.27. The molecule has 0 atom stereocenters. The molecule has 94 valence electrons. The molecular formula is C13H17N5. The van der Waals surface area contributed by atoms with E-state index in [0.29, 0.717) is 0 Å². The number of rotatable bonds is 3. The van der Waals surface area contributed by atoms with E-state index in [0.717, 1.165) is 27.9 Å². The molecule has 18 heavy (non-hydrogen) atoms. The molecule has 1 heterocycles. The van der Waals surface area contributed by atoms with Crippen molar-refractivity contribution in [1.82, 2.24) is 9.99 Å². The zero-order valence-electron chi connectivity index (χ0n) is 10.5. The van der Waals surface area contributed by atoms with Crippen molar-refractivity contribution < 1.29 is 0 Å². The van der Waals surface area contributed by atoms with Gasteiger partial charge in [0, 0.05) is 37.4 Å². The number of hydrogen-bond donors (Lipinski definition) is 3. The average Bonchev–Trinajstić information content (AvgIpc) is 2.38. The standard InChI is InChI=1S/C13H17N5/c1-16-13-6-11-5-9(12(7-14)18(2)15)3-4-10(11)8-17-13/h3-8H,14-15H2,1-2H3,(H,16,17)/b12-7-. The molecule has 0 fully saturated rings. The summed E-state index contributed by atoms with van der Waals surface area (Å²) in [5.74, 6) is 6.57. The van der Waals surface area contributed by atoms with Crippen LogP contribution in [0.15, 0.2) is 36.7 Å². The van der Waals surface area contributed by atoms with Gasteiger partial charge in [0.1, 0.15) is 5.82 Å². The summed E-state index contributed by atoms with van der Waals surface area (Å²) >= 11 is 0. The molecule has 1 aromatic carbocycles. The van der Waals surface area contributed by atoms with Crippen LogP contribution in [-0.4, -0.2) is 24.1 Å². The van der Waals surface area contributed by atoms with Crippen molar-refractivity contribution in [1.29, 1.82) is 0 Å². The minimum Gasteiger partial charge on any atom is -0.403 e. The molecule has 0 radical (unpaired) electrons. The maximum absolute atomic E-state index is 5.74. The van der Waals surface area contributed by atoms with Gasteiger partial charge in [0.25, 0.3) is 0 Å². The molecule has 0 aliphatic rings. The lowest BCUT2D eigenvalue weighted by atomic mass is 10.1. The lowest BCUT2D eigenvalue weighted by molar-refractivity contribution is 0.510. The van der Waals surface area contributed by atoms with Gasteiger partial charge in [0.05, 0.1) is 5.70 Å². The minimum absolute atomic E-state index is 0.778. The van der Waals surface area contributed by atoms with E-state index < -0.39 is 0 Å². The number of aromatic nitrogens is 1. The number of hydrogen-bond acceptors (Lipinski definition) is 5. The van der Waals surface area contributed by atoms with Crippen LogP contribution in [0.3, 0.4) is 0 Å². The third kappa shape index (κ3) is 2.21. The second-order valence-corrected chi connectivity index (χ2v) is 4.04. The summed E-state index contributed by atoms with van der Waals surface area (Å²) in [6.07, 6.45) is 3.34. The van der Waals surface area contributed by atoms with Crippen LogP contribution < -0.4 is 16.9 Å². The summed E-state index contributed by atoms with van der Waals surface area (Å²) in [7, 11) is 3.60. The van der Waals surface area contributed by atoms with Gasteiger partial charge in [-0.2, -0.15) is 0 Å². The first-order valence-electron chi connectivity index (χ1n) is 5.64. The molecule has 0 aliphatic carbocycles. The van der Waals surface area contributed by atoms with Gasteiger partial charge in [-0.25, -0.2) is 10.8 Å². The van der Waals surface area contributed by atoms with Crippen molar-refractivity contribution >= 4 is 22.3 Å². The van der Waals surface area contributed by atoms with Crippen molar-refractivity contribution in [3.63, 3.8) is 0 Å². The normalized spacial score (nSPS) is 11.6. The van der Waals surface area contributed by atoms with Crippen LogP contribution in [0.4, 0.5) is 5.82 Å². The van der Waals surface area contributed by atoms with Crippen LogP contribution in [0.2, 0.25) is 0 Å². The van der Waals surface area contributed by atoms with Crippen LogP contribution in [-0.2, 0) is 0 Å². The molecule has 0 bridgehead atoms. The van der Waals surface area contributed by atoms with E-state index in [1.807, 2.05) is 37.5 Å². The summed E-state index contributed by atoms with van der Waals surface area (Å²) in [6.45, 7) is 0. The predicted molar refractivity (Wildman–Crippen MR) is 75.4 cm³/mol. The molecule has 5 heteroatoms. The van der Waals surface area contributed by atoms with E-state index in [-0.39, 0.29) is 0 Å². The predicted octanol–water partition coefficient (Wildman–Crippen LogP) is 1.34. The number of nitrogens with two attached hydrogens (primary N) is 2. The molecular weight excluding hydrogens is 226 g/mol. The Labute approximate surface area is 106 Å². The molecule has 2 rings (SSSR count). The number of anilines is 1. The molecule has 0 spiro atoms. The SMILES string of the molecule is CNc1cc2cc(/C(=C/N)N(C)N)ccc2cn1. The minimum atomic E-state index is 0.778. The Morgan fingerprint density at radius 1 is 1.33 bits per heavy atom. The highest BCUT2D eigenvalue weighted by Crippen LogP contribution is 2.22. The lowest BCUT2D eigenvalue weighted by Crippen LogP contribution is -2.24. The van der Waals surface area contributed by atoms with E-state index in [1.54, 1.807) is 7.05 Å². The second-order valence-electron chi connectivity index (χ2n) is 4.04. The molecule has 0 amide bonds.